The number of carbonyl (C=O) groups is 1. The third-order valence-corrected chi connectivity index (χ3v) is 3.02. The third-order valence-electron chi connectivity index (χ3n) is 1.74. The molecule has 14 heavy (non-hydrogen) atoms. The van der Waals surface area contributed by atoms with Crippen molar-refractivity contribution in [2.45, 2.75) is 24.3 Å². The lowest BCUT2D eigenvalue weighted by atomic mass is 10.4. The van der Waals surface area contributed by atoms with Crippen LogP contribution in [-0.2, 0) is 9.53 Å². The molecule has 2 unspecified atom stereocenters. The minimum Gasteiger partial charge on any atom is -0.383 e. The Bertz CT molecular complexity index is 167. The molecule has 0 aliphatic rings. The van der Waals surface area contributed by atoms with E-state index in [4.69, 9.17) is 10.5 Å². The van der Waals surface area contributed by atoms with Crippen molar-refractivity contribution in [2.75, 3.05) is 26.8 Å². The van der Waals surface area contributed by atoms with Gasteiger partial charge in [0, 0.05) is 25.4 Å². The molecule has 0 bridgehead atoms. The summed E-state index contributed by atoms with van der Waals surface area (Å²) in [6.45, 7) is 5.62. The number of methoxy groups -OCH3 is 1. The number of amides is 1. The van der Waals surface area contributed by atoms with Gasteiger partial charge in [-0.15, -0.1) is 11.8 Å². The quantitative estimate of drug-likeness (QED) is 0.602. The SMILES string of the molecule is COCCNC(=O)C(C)SC(C)CN. The average Bonchev–Trinajstić information content (AvgIpc) is 2.17. The Morgan fingerprint density at radius 2 is 2.21 bits per heavy atom. The Morgan fingerprint density at radius 3 is 2.71 bits per heavy atom. The van der Waals surface area contributed by atoms with Crippen molar-refractivity contribution in [1.82, 2.24) is 5.32 Å². The Labute approximate surface area is 89.9 Å². The largest absolute Gasteiger partial charge is 0.383 e. The van der Waals surface area contributed by atoms with E-state index in [1.54, 1.807) is 18.9 Å². The summed E-state index contributed by atoms with van der Waals surface area (Å²) >= 11 is 1.59. The molecule has 0 aliphatic carbocycles. The first-order valence-corrected chi connectivity index (χ1v) is 5.68. The van der Waals surface area contributed by atoms with Crippen LogP contribution in [0, 0.1) is 0 Å². The number of nitrogens with one attached hydrogen (secondary N) is 1. The zero-order valence-corrected chi connectivity index (χ0v) is 9.89. The minimum atomic E-state index is -0.0505. The summed E-state index contributed by atoms with van der Waals surface area (Å²) < 4.78 is 4.83. The first-order valence-electron chi connectivity index (χ1n) is 4.74. The molecule has 0 aliphatic heterocycles. The van der Waals surface area contributed by atoms with Gasteiger partial charge in [0.15, 0.2) is 0 Å². The van der Waals surface area contributed by atoms with Gasteiger partial charge in [0.25, 0.3) is 0 Å². The minimum absolute atomic E-state index is 0.0485. The van der Waals surface area contributed by atoms with E-state index in [2.05, 4.69) is 5.32 Å². The van der Waals surface area contributed by atoms with Gasteiger partial charge in [-0.3, -0.25) is 4.79 Å². The molecule has 5 heteroatoms. The molecule has 0 aromatic heterocycles. The fraction of sp³-hybridized carbons (Fsp3) is 0.889. The maximum atomic E-state index is 11.4. The van der Waals surface area contributed by atoms with Crippen molar-refractivity contribution in [3.05, 3.63) is 0 Å². The topological polar surface area (TPSA) is 64.3 Å². The molecule has 0 heterocycles. The molecule has 2 atom stereocenters. The molecule has 0 saturated carbocycles. The molecule has 0 aromatic rings. The second-order valence-corrected chi connectivity index (χ2v) is 4.89. The van der Waals surface area contributed by atoms with Crippen molar-refractivity contribution in [2.24, 2.45) is 5.73 Å². The van der Waals surface area contributed by atoms with Crippen LogP contribution in [0.1, 0.15) is 13.8 Å². The van der Waals surface area contributed by atoms with Gasteiger partial charge in [-0.25, -0.2) is 0 Å². The number of thioether (sulfide) groups is 1. The monoisotopic (exact) mass is 220 g/mol. The van der Waals surface area contributed by atoms with Gasteiger partial charge >= 0.3 is 0 Å². The zero-order chi connectivity index (χ0) is 11.0. The Morgan fingerprint density at radius 1 is 1.57 bits per heavy atom. The summed E-state index contributed by atoms with van der Waals surface area (Å²) in [4.78, 5) is 11.4. The smallest absolute Gasteiger partial charge is 0.232 e. The van der Waals surface area contributed by atoms with Gasteiger partial charge in [-0.05, 0) is 6.92 Å². The Balaban J connectivity index is 3.64. The standard InChI is InChI=1S/C9H20N2O2S/c1-7(6-10)14-8(2)9(12)11-4-5-13-3/h7-8H,4-6,10H2,1-3H3,(H,11,12). The summed E-state index contributed by atoms with van der Waals surface area (Å²) in [6.07, 6.45) is 0. The number of carbonyl (C=O) groups excluding carboxylic acids is 1. The van der Waals surface area contributed by atoms with Gasteiger partial charge in [-0.2, -0.15) is 0 Å². The summed E-state index contributed by atoms with van der Waals surface area (Å²) in [5, 5.41) is 3.05. The number of hydrogen-bond acceptors (Lipinski definition) is 4. The second kappa shape index (κ2) is 8.08. The molecule has 0 rings (SSSR count). The van der Waals surface area contributed by atoms with Crippen molar-refractivity contribution in [1.29, 1.82) is 0 Å². The van der Waals surface area contributed by atoms with Crippen molar-refractivity contribution in [3.63, 3.8) is 0 Å². The molecule has 3 N–H and O–H groups in total. The number of hydrogen-bond donors (Lipinski definition) is 2. The number of ether oxygens (including phenoxy) is 1. The van der Waals surface area contributed by atoms with E-state index in [0.29, 0.717) is 24.9 Å². The van der Waals surface area contributed by atoms with Gasteiger partial charge < -0.3 is 15.8 Å². The number of rotatable bonds is 7. The molecule has 0 spiro atoms. The van der Waals surface area contributed by atoms with E-state index in [1.165, 1.54) is 0 Å². The molecule has 0 saturated heterocycles. The zero-order valence-electron chi connectivity index (χ0n) is 9.08. The summed E-state index contributed by atoms with van der Waals surface area (Å²) in [6, 6.07) is 0. The maximum absolute atomic E-state index is 11.4. The Hall–Kier alpha value is -0.260. The highest BCUT2D eigenvalue weighted by molar-refractivity contribution is 8.01. The van der Waals surface area contributed by atoms with Crippen LogP contribution in [0.3, 0.4) is 0 Å². The van der Waals surface area contributed by atoms with E-state index in [0.717, 1.165) is 0 Å². The maximum Gasteiger partial charge on any atom is 0.232 e. The van der Waals surface area contributed by atoms with E-state index in [9.17, 15) is 4.79 Å². The third kappa shape index (κ3) is 6.23. The molecule has 0 aromatic carbocycles. The van der Waals surface area contributed by atoms with Gasteiger partial charge in [0.1, 0.15) is 0 Å². The normalized spacial score (nSPS) is 14.9. The highest BCUT2D eigenvalue weighted by Crippen LogP contribution is 2.16. The lowest BCUT2D eigenvalue weighted by Gasteiger charge is -2.15. The predicted molar refractivity (Wildman–Crippen MR) is 60.5 cm³/mol. The summed E-state index contributed by atoms with van der Waals surface area (Å²) in [5.74, 6) is 0.0485. The Kier molecular flexibility index (Phi) is 7.93. The van der Waals surface area contributed by atoms with Crippen LogP contribution in [0.5, 0.6) is 0 Å². The lowest BCUT2D eigenvalue weighted by Crippen LogP contribution is -2.34. The van der Waals surface area contributed by atoms with Crippen molar-refractivity contribution in [3.8, 4) is 0 Å². The van der Waals surface area contributed by atoms with Crippen molar-refractivity contribution < 1.29 is 9.53 Å². The summed E-state index contributed by atoms with van der Waals surface area (Å²) in [5.41, 5.74) is 5.47. The first kappa shape index (κ1) is 13.7. The van der Waals surface area contributed by atoms with Crippen LogP contribution in [0.2, 0.25) is 0 Å². The van der Waals surface area contributed by atoms with E-state index < -0.39 is 0 Å². The van der Waals surface area contributed by atoms with Gasteiger partial charge in [-0.1, -0.05) is 6.92 Å². The van der Waals surface area contributed by atoms with Gasteiger partial charge in [0.05, 0.1) is 11.9 Å². The van der Waals surface area contributed by atoms with E-state index in [1.807, 2.05) is 13.8 Å². The fourth-order valence-electron chi connectivity index (χ4n) is 0.886. The molecule has 4 nitrogen and oxygen atoms in total. The molecule has 0 fully saturated rings. The number of nitrogens with two attached hydrogens (primary N) is 1. The molecular formula is C9H20N2O2S. The second-order valence-electron chi connectivity index (χ2n) is 3.11. The van der Waals surface area contributed by atoms with Crippen LogP contribution >= 0.6 is 11.8 Å². The predicted octanol–water partition coefficient (Wildman–Crippen LogP) is 0.218. The average molecular weight is 220 g/mol. The molecule has 1 amide bonds. The molecule has 0 radical (unpaired) electrons. The van der Waals surface area contributed by atoms with Crippen LogP contribution in [0.25, 0.3) is 0 Å². The van der Waals surface area contributed by atoms with Crippen LogP contribution < -0.4 is 11.1 Å². The lowest BCUT2D eigenvalue weighted by molar-refractivity contribution is -0.120. The van der Waals surface area contributed by atoms with Crippen LogP contribution in [-0.4, -0.2) is 43.2 Å². The first-order chi connectivity index (χ1) is 6.61. The van der Waals surface area contributed by atoms with Gasteiger partial charge in [0.2, 0.25) is 5.91 Å². The van der Waals surface area contributed by atoms with E-state index in [-0.39, 0.29) is 11.2 Å². The van der Waals surface area contributed by atoms with E-state index >= 15 is 0 Å². The highest BCUT2D eigenvalue weighted by atomic mass is 32.2. The van der Waals surface area contributed by atoms with Crippen LogP contribution in [0.4, 0.5) is 0 Å². The fourth-order valence-corrected chi connectivity index (χ4v) is 1.90. The molecule has 84 valence electrons. The molecular weight excluding hydrogens is 200 g/mol. The highest BCUT2D eigenvalue weighted by Gasteiger charge is 2.15. The van der Waals surface area contributed by atoms with Crippen molar-refractivity contribution >= 4 is 17.7 Å². The van der Waals surface area contributed by atoms with Crippen LogP contribution in [0.15, 0.2) is 0 Å². The summed E-state index contributed by atoms with van der Waals surface area (Å²) in [7, 11) is 1.61.